The summed E-state index contributed by atoms with van der Waals surface area (Å²) >= 11 is 7.52. The van der Waals surface area contributed by atoms with Crippen molar-refractivity contribution in [3.63, 3.8) is 0 Å². The molecule has 1 aromatic heterocycles. The van der Waals surface area contributed by atoms with Crippen LogP contribution in [0, 0.1) is 18.2 Å². The third-order valence-electron chi connectivity index (χ3n) is 5.03. The molecule has 1 aliphatic carbocycles. The topological polar surface area (TPSA) is 54.6 Å². The summed E-state index contributed by atoms with van der Waals surface area (Å²) in [4.78, 5) is 0.602. The first-order chi connectivity index (χ1) is 13.8. The number of rotatable bonds is 6. The zero-order valence-electron chi connectivity index (χ0n) is 16.5. The van der Waals surface area contributed by atoms with E-state index in [-0.39, 0.29) is 46.0 Å². The summed E-state index contributed by atoms with van der Waals surface area (Å²) in [7, 11) is 0. The summed E-state index contributed by atoms with van der Waals surface area (Å²) in [6.07, 6.45) is 10.4. The number of hydrogen-bond acceptors (Lipinski definition) is 4. The minimum Gasteiger partial charge on any atom is -0.494 e. The number of halogens is 2. The minimum absolute atomic E-state index is 0.0315. The molecular weight excluding hydrogens is 413 g/mol. The first-order valence-corrected chi connectivity index (χ1v) is 11.0. The molecule has 1 saturated carbocycles. The van der Waals surface area contributed by atoms with Crippen LogP contribution >= 0.6 is 23.4 Å². The molecule has 0 aliphatic heterocycles. The van der Waals surface area contributed by atoms with Gasteiger partial charge in [0.25, 0.3) is 0 Å². The molecule has 1 aliphatic rings. The molecule has 0 amide bonds. The summed E-state index contributed by atoms with van der Waals surface area (Å²) in [6, 6.07) is 2.44. The minimum atomic E-state index is -0.681. The Morgan fingerprint density at radius 2 is 1.97 bits per heavy atom. The van der Waals surface area contributed by atoms with Crippen LogP contribution in [-0.4, -0.2) is 26.6 Å². The molecule has 7 heteroatoms. The third kappa shape index (κ3) is 4.46. The second-order valence-corrected chi connectivity index (χ2v) is 9.45. The van der Waals surface area contributed by atoms with Crippen LogP contribution in [0.5, 0.6) is 17.5 Å². The lowest BCUT2D eigenvalue weighted by molar-refractivity contribution is 0.367. The lowest BCUT2D eigenvalue weighted by Crippen LogP contribution is -2.06. The van der Waals surface area contributed by atoms with Crippen molar-refractivity contribution in [2.45, 2.75) is 62.0 Å². The molecule has 0 spiro atoms. The van der Waals surface area contributed by atoms with Gasteiger partial charge in [-0.25, -0.2) is 8.96 Å². The smallest absolute Gasteiger partial charge is 0.213 e. The molecule has 1 fully saturated rings. The molecule has 0 bridgehead atoms. The zero-order chi connectivity index (χ0) is 21.1. The van der Waals surface area contributed by atoms with Crippen molar-refractivity contribution >= 4 is 23.4 Å². The highest BCUT2D eigenvalue weighted by Gasteiger charge is 2.31. The number of aromatic nitrogens is 1. The Bertz CT molecular complexity index is 929. The number of benzene rings is 1. The van der Waals surface area contributed by atoms with Crippen LogP contribution in [0.3, 0.4) is 0 Å². The molecule has 0 atom stereocenters. The van der Waals surface area contributed by atoms with Gasteiger partial charge in [-0.1, -0.05) is 50.6 Å². The van der Waals surface area contributed by atoms with E-state index in [2.05, 4.69) is 5.92 Å². The fourth-order valence-electron chi connectivity index (χ4n) is 3.80. The first kappa shape index (κ1) is 21.7. The highest BCUT2D eigenvalue weighted by atomic mass is 35.5. The van der Waals surface area contributed by atoms with Crippen molar-refractivity contribution in [1.29, 1.82) is 0 Å². The van der Waals surface area contributed by atoms with Gasteiger partial charge < -0.3 is 14.9 Å². The van der Waals surface area contributed by atoms with Gasteiger partial charge >= 0.3 is 0 Å². The van der Waals surface area contributed by atoms with Crippen LogP contribution in [0.15, 0.2) is 17.0 Å². The summed E-state index contributed by atoms with van der Waals surface area (Å²) in [5.41, 5.74) is 0.658. The Hall–Kier alpha value is -1.97. The molecule has 0 saturated heterocycles. The Morgan fingerprint density at radius 3 is 2.59 bits per heavy atom. The summed E-state index contributed by atoms with van der Waals surface area (Å²) in [6.45, 7) is 3.99. The molecule has 1 aromatic carbocycles. The molecule has 2 N–H and O–H groups in total. The summed E-state index contributed by atoms with van der Waals surface area (Å²) < 4.78 is 21.3. The number of thioether (sulfide) groups is 1. The zero-order valence-corrected chi connectivity index (χ0v) is 18.1. The normalized spacial score (nSPS) is 14.9. The number of terminal acetylenes is 1. The quantitative estimate of drug-likeness (QED) is 0.414. The molecule has 0 radical (unpaired) electrons. The fourth-order valence-corrected chi connectivity index (χ4v) is 5.06. The standard InChI is InChI=1S/C22H25ClFNO3S/c1-4-10-28-18-12-17(16(24)11-15(18)23)25-21(26)19(14-8-6-5-7-9-14)20(22(25)27)29-13(2)3/h1,11-14,26-27H,5-10H2,2-3H3. The lowest BCUT2D eigenvalue weighted by atomic mass is 9.85. The molecule has 156 valence electrons. The van der Waals surface area contributed by atoms with Crippen molar-refractivity contribution in [3.8, 4) is 35.5 Å². The Morgan fingerprint density at radius 1 is 1.28 bits per heavy atom. The van der Waals surface area contributed by atoms with Gasteiger partial charge in [0.2, 0.25) is 11.8 Å². The average molecular weight is 438 g/mol. The van der Waals surface area contributed by atoms with Crippen LogP contribution < -0.4 is 4.74 Å². The summed E-state index contributed by atoms with van der Waals surface area (Å²) in [5.74, 6) is 1.66. The van der Waals surface area contributed by atoms with E-state index in [0.717, 1.165) is 42.7 Å². The number of ether oxygens (including phenoxy) is 1. The molecular formula is C22H25ClFNO3S. The van der Waals surface area contributed by atoms with Crippen molar-refractivity contribution < 1.29 is 19.3 Å². The van der Waals surface area contributed by atoms with Gasteiger partial charge in [-0.3, -0.25) is 0 Å². The third-order valence-corrected chi connectivity index (χ3v) is 6.44. The van der Waals surface area contributed by atoms with Crippen LogP contribution in [0.2, 0.25) is 5.02 Å². The van der Waals surface area contributed by atoms with Crippen LogP contribution in [0.1, 0.15) is 57.4 Å². The summed E-state index contributed by atoms with van der Waals surface area (Å²) in [5, 5.41) is 22.3. The van der Waals surface area contributed by atoms with Gasteiger partial charge in [0.15, 0.2) is 0 Å². The van der Waals surface area contributed by atoms with Crippen LogP contribution in [0.4, 0.5) is 4.39 Å². The van der Waals surface area contributed by atoms with Gasteiger partial charge in [0.1, 0.15) is 18.2 Å². The van der Waals surface area contributed by atoms with Crippen LogP contribution in [-0.2, 0) is 0 Å². The predicted molar refractivity (Wildman–Crippen MR) is 115 cm³/mol. The highest BCUT2D eigenvalue weighted by Crippen LogP contribution is 2.51. The van der Waals surface area contributed by atoms with E-state index in [4.69, 9.17) is 22.8 Å². The molecule has 0 unspecified atom stereocenters. The molecule has 29 heavy (non-hydrogen) atoms. The van der Waals surface area contributed by atoms with Gasteiger partial charge in [0.05, 0.1) is 15.6 Å². The maximum atomic E-state index is 14.8. The molecule has 4 nitrogen and oxygen atoms in total. The lowest BCUT2D eigenvalue weighted by Gasteiger charge is -2.22. The Balaban J connectivity index is 2.17. The molecule has 1 heterocycles. The maximum absolute atomic E-state index is 14.8. The number of nitrogens with zero attached hydrogens (tertiary/aromatic N) is 1. The SMILES string of the molecule is C#CCOc1cc(-n2c(O)c(SC(C)C)c(C3CCCCC3)c2O)c(F)cc1Cl. The van der Waals surface area contributed by atoms with E-state index in [9.17, 15) is 14.6 Å². The van der Waals surface area contributed by atoms with E-state index in [0.29, 0.717) is 10.5 Å². The van der Waals surface area contributed by atoms with Gasteiger partial charge in [-0.15, -0.1) is 18.2 Å². The van der Waals surface area contributed by atoms with Gasteiger partial charge in [-0.2, -0.15) is 0 Å². The highest BCUT2D eigenvalue weighted by molar-refractivity contribution is 8.00. The first-order valence-electron chi connectivity index (χ1n) is 9.74. The van der Waals surface area contributed by atoms with Crippen molar-refractivity contribution in [2.75, 3.05) is 6.61 Å². The second-order valence-electron chi connectivity index (χ2n) is 7.45. The van der Waals surface area contributed by atoms with E-state index < -0.39 is 5.82 Å². The fraction of sp³-hybridized carbons (Fsp3) is 0.455. The molecule has 2 aromatic rings. The Kier molecular flexibility index (Phi) is 6.92. The van der Waals surface area contributed by atoms with E-state index >= 15 is 0 Å². The van der Waals surface area contributed by atoms with Crippen LogP contribution in [0.25, 0.3) is 5.69 Å². The van der Waals surface area contributed by atoms with E-state index in [1.165, 1.54) is 17.8 Å². The van der Waals surface area contributed by atoms with Gasteiger partial charge in [0, 0.05) is 16.9 Å². The van der Waals surface area contributed by atoms with Crippen molar-refractivity contribution in [3.05, 3.63) is 28.5 Å². The monoisotopic (exact) mass is 437 g/mol. The van der Waals surface area contributed by atoms with E-state index in [1.54, 1.807) is 0 Å². The largest absolute Gasteiger partial charge is 0.494 e. The predicted octanol–water partition coefficient (Wildman–Crippen LogP) is 6.24. The van der Waals surface area contributed by atoms with E-state index in [1.807, 2.05) is 13.8 Å². The van der Waals surface area contributed by atoms with Crippen molar-refractivity contribution in [1.82, 2.24) is 4.57 Å². The second kappa shape index (κ2) is 9.23. The number of hydrogen-bond donors (Lipinski definition) is 2. The number of aromatic hydroxyl groups is 2. The Labute approximate surface area is 180 Å². The average Bonchev–Trinajstić information content (AvgIpc) is 2.91. The maximum Gasteiger partial charge on any atom is 0.213 e. The van der Waals surface area contributed by atoms with Gasteiger partial charge in [-0.05, 0) is 24.8 Å². The molecule has 3 rings (SSSR count). The van der Waals surface area contributed by atoms with Crippen molar-refractivity contribution in [2.24, 2.45) is 0 Å².